The van der Waals surface area contributed by atoms with Crippen LogP contribution in [0, 0.1) is 0 Å². The van der Waals surface area contributed by atoms with E-state index in [-0.39, 0.29) is 5.92 Å². The molecule has 2 atom stereocenters. The Morgan fingerprint density at radius 2 is 1.90 bits per heavy atom. The number of hydrogen-bond acceptors (Lipinski definition) is 3. The highest BCUT2D eigenvalue weighted by atomic mass is 16.5. The maximum atomic E-state index is 11.5. The van der Waals surface area contributed by atoms with E-state index in [1.165, 1.54) is 7.11 Å². The summed E-state index contributed by atoms with van der Waals surface area (Å²) in [5.41, 5.74) is 0.350. The van der Waals surface area contributed by atoms with Gasteiger partial charge in [0.2, 0.25) is 0 Å². The lowest BCUT2D eigenvalue weighted by molar-refractivity contribution is -0.133. The Morgan fingerprint density at radius 3 is 2.40 bits per heavy atom. The van der Waals surface area contributed by atoms with Crippen molar-refractivity contribution in [3.8, 4) is 0 Å². The molecule has 0 radical (unpaired) electrons. The summed E-state index contributed by atoms with van der Waals surface area (Å²) in [6.45, 7) is 1.78. The predicted molar refractivity (Wildman–Crippen MR) is 75.4 cm³/mol. The third kappa shape index (κ3) is 2.47. The minimum atomic E-state index is -0.950. The van der Waals surface area contributed by atoms with Crippen LogP contribution in [0.2, 0.25) is 0 Å². The largest absolute Gasteiger partial charge is 0.498 e. The lowest BCUT2D eigenvalue weighted by Gasteiger charge is -2.33. The van der Waals surface area contributed by atoms with E-state index in [0.29, 0.717) is 11.3 Å². The fourth-order valence-electron chi connectivity index (χ4n) is 2.43. The van der Waals surface area contributed by atoms with E-state index in [1.807, 2.05) is 36.4 Å². The molecule has 0 bridgehead atoms. The van der Waals surface area contributed by atoms with E-state index in [4.69, 9.17) is 9.47 Å². The van der Waals surface area contributed by atoms with Crippen LogP contribution in [0.25, 0.3) is 0 Å². The van der Waals surface area contributed by atoms with Crippen molar-refractivity contribution < 1.29 is 19.4 Å². The zero-order valence-corrected chi connectivity index (χ0v) is 11.8. The van der Waals surface area contributed by atoms with Crippen LogP contribution in [0.1, 0.15) is 18.4 Å². The van der Waals surface area contributed by atoms with Gasteiger partial charge in [-0.15, -0.1) is 0 Å². The summed E-state index contributed by atoms with van der Waals surface area (Å²) in [7, 11) is 3.09. The van der Waals surface area contributed by atoms with Crippen LogP contribution in [0.5, 0.6) is 0 Å². The van der Waals surface area contributed by atoms with Gasteiger partial charge in [-0.05, 0) is 24.6 Å². The maximum Gasteiger partial charge on any atom is 0.332 e. The number of rotatable bonds is 4. The Hall–Kier alpha value is -2.07. The van der Waals surface area contributed by atoms with Crippen LogP contribution in [0.15, 0.2) is 53.8 Å². The van der Waals surface area contributed by atoms with Gasteiger partial charge in [0.1, 0.15) is 11.4 Å². The van der Waals surface area contributed by atoms with Gasteiger partial charge in [0, 0.05) is 18.6 Å². The normalized spacial score (nSPS) is 25.6. The minimum absolute atomic E-state index is 0.293. The van der Waals surface area contributed by atoms with Crippen molar-refractivity contribution in [3.63, 3.8) is 0 Å². The van der Waals surface area contributed by atoms with E-state index in [9.17, 15) is 9.90 Å². The number of aliphatic carboxylic acids is 1. The lowest BCUT2D eigenvalue weighted by atomic mass is 9.81. The Labute approximate surface area is 118 Å². The first-order valence-corrected chi connectivity index (χ1v) is 6.34. The van der Waals surface area contributed by atoms with Crippen LogP contribution >= 0.6 is 0 Å². The van der Waals surface area contributed by atoms with Gasteiger partial charge >= 0.3 is 5.97 Å². The number of methoxy groups -OCH3 is 2. The molecular formula is C16H18O4. The van der Waals surface area contributed by atoms with Gasteiger partial charge in [-0.1, -0.05) is 30.3 Å². The van der Waals surface area contributed by atoms with Crippen LogP contribution < -0.4 is 0 Å². The van der Waals surface area contributed by atoms with Crippen LogP contribution in [0.3, 0.4) is 0 Å². The monoisotopic (exact) mass is 274 g/mol. The maximum absolute atomic E-state index is 11.5. The van der Waals surface area contributed by atoms with E-state index < -0.39 is 11.6 Å². The first-order chi connectivity index (χ1) is 9.51. The van der Waals surface area contributed by atoms with Crippen molar-refractivity contribution in [2.24, 2.45) is 0 Å². The summed E-state index contributed by atoms with van der Waals surface area (Å²) in [5, 5.41) is 9.46. The molecule has 0 aliphatic heterocycles. The number of hydrogen-bond donors (Lipinski definition) is 1. The third-order valence-corrected chi connectivity index (χ3v) is 3.62. The summed E-state index contributed by atoms with van der Waals surface area (Å²) in [6.07, 6.45) is 3.42. The highest BCUT2D eigenvalue weighted by Gasteiger charge is 2.37. The molecule has 0 heterocycles. The van der Waals surface area contributed by atoms with E-state index in [0.717, 1.165) is 5.56 Å². The molecule has 2 rings (SSSR count). The van der Waals surface area contributed by atoms with E-state index in [1.54, 1.807) is 20.1 Å². The summed E-state index contributed by atoms with van der Waals surface area (Å²) in [6, 6.07) is 9.48. The zero-order valence-electron chi connectivity index (χ0n) is 11.8. The first-order valence-electron chi connectivity index (χ1n) is 6.34. The second-order valence-corrected chi connectivity index (χ2v) is 4.84. The van der Waals surface area contributed by atoms with Crippen molar-refractivity contribution in [2.45, 2.75) is 18.4 Å². The molecule has 1 aliphatic rings. The fourth-order valence-corrected chi connectivity index (χ4v) is 2.43. The van der Waals surface area contributed by atoms with E-state index in [2.05, 4.69) is 0 Å². The molecule has 1 aliphatic carbocycles. The van der Waals surface area contributed by atoms with Crippen molar-refractivity contribution in [3.05, 3.63) is 59.4 Å². The van der Waals surface area contributed by atoms with Crippen molar-refractivity contribution >= 4 is 5.97 Å². The summed E-state index contributed by atoms with van der Waals surface area (Å²) < 4.78 is 10.8. The van der Waals surface area contributed by atoms with Gasteiger partial charge in [0.15, 0.2) is 0 Å². The van der Waals surface area contributed by atoms with Gasteiger partial charge in [0.05, 0.1) is 7.11 Å². The van der Waals surface area contributed by atoms with Gasteiger partial charge in [-0.2, -0.15) is 0 Å². The number of carboxylic acid groups (broad SMARTS) is 1. The summed E-state index contributed by atoms with van der Waals surface area (Å²) in [5.74, 6) is -0.681. The van der Waals surface area contributed by atoms with Crippen LogP contribution in [-0.4, -0.2) is 30.9 Å². The predicted octanol–water partition coefficient (Wildman–Crippen LogP) is 2.73. The van der Waals surface area contributed by atoms with Gasteiger partial charge in [-0.3, -0.25) is 0 Å². The Morgan fingerprint density at radius 1 is 1.25 bits per heavy atom. The number of carboxylic acids is 1. The molecule has 0 amide bonds. The molecule has 0 fully saturated rings. The Balaban J connectivity index is 2.53. The van der Waals surface area contributed by atoms with Gasteiger partial charge < -0.3 is 14.6 Å². The van der Waals surface area contributed by atoms with Gasteiger partial charge in [0.25, 0.3) is 0 Å². The minimum Gasteiger partial charge on any atom is -0.498 e. The molecule has 1 N–H and O–H groups in total. The van der Waals surface area contributed by atoms with Crippen molar-refractivity contribution in [1.82, 2.24) is 0 Å². The number of benzene rings is 1. The average molecular weight is 274 g/mol. The Kier molecular flexibility index (Phi) is 3.95. The average Bonchev–Trinajstić information content (AvgIpc) is 2.47. The van der Waals surface area contributed by atoms with Crippen LogP contribution in [-0.2, 0) is 14.3 Å². The fraction of sp³-hybridized carbons (Fsp3) is 0.312. The standard InChI is InChI=1S/C16H18O4/c1-16(20-3)10-13(15(17)18)12(9-14(16)19-2)11-7-5-4-6-8-11/h4-10,12H,1-3H3,(H,17,18). The highest BCUT2D eigenvalue weighted by molar-refractivity contribution is 5.90. The van der Waals surface area contributed by atoms with Gasteiger partial charge in [-0.25, -0.2) is 4.79 Å². The molecule has 4 heteroatoms. The third-order valence-electron chi connectivity index (χ3n) is 3.62. The molecule has 0 spiro atoms. The number of ether oxygens (including phenoxy) is 2. The summed E-state index contributed by atoms with van der Waals surface area (Å²) >= 11 is 0. The van der Waals surface area contributed by atoms with Crippen LogP contribution in [0.4, 0.5) is 0 Å². The molecule has 106 valence electrons. The topological polar surface area (TPSA) is 55.8 Å². The lowest BCUT2D eigenvalue weighted by Crippen LogP contribution is -2.34. The van der Waals surface area contributed by atoms with Crippen molar-refractivity contribution in [1.29, 1.82) is 0 Å². The molecule has 20 heavy (non-hydrogen) atoms. The summed E-state index contributed by atoms with van der Waals surface area (Å²) in [4.78, 5) is 11.5. The molecule has 0 saturated heterocycles. The quantitative estimate of drug-likeness (QED) is 0.917. The smallest absolute Gasteiger partial charge is 0.332 e. The SMILES string of the molecule is COC1=CC(c2ccccc2)C(C(=O)O)=CC1(C)OC. The molecule has 1 aromatic rings. The molecule has 2 unspecified atom stereocenters. The second-order valence-electron chi connectivity index (χ2n) is 4.84. The zero-order chi connectivity index (χ0) is 14.8. The Bertz CT molecular complexity index is 559. The molecule has 4 nitrogen and oxygen atoms in total. The first kappa shape index (κ1) is 14.3. The molecular weight excluding hydrogens is 256 g/mol. The number of carbonyl (C=O) groups is 1. The molecule has 0 aromatic heterocycles. The van der Waals surface area contributed by atoms with E-state index >= 15 is 0 Å². The highest BCUT2D eigenvalue weighted by Crippen LogP contribution is 2.38. The molecule has 0 saturated carbocycles. The molecule has 1 aromatic carbocycles. The second kappa shape index (κ2) is 5.51. The van der Waals surface area contributed by atoms with Crippen molar-refractivity contribution in [2.75, 3.05) is 14.2 Å². The number of allylic oxidation sites excluding steroid dienone is 1.